The summed E-state index contributed by atoms with van der Waals surface area (Å²) in [5, 5.41) is 10.7. The van der Waals surface area contributed by atoms with Gasteiger partial charge in [0, 0.05) is 13.1 Å². The number of thioether (sulfide) groups is 1. The van der Waals surface area contributed by atoms with Crippen molar-refractivity contribution in [2.45, 2.75) is 6.92 Å². The molecule has 128 valence electrons. The first-order chi connectivity index (χ1) is 11.6. The molecule has 0 aliphatic carbocycles. The topological polar surface area (TPSA) is 71.4 Å². The lowest BCUT2D eigenvalue weighted by Gasteiger charge is -2.27. The molecule has 1 amide bonds. The molecule has 24 heavy (non-hydrogen) atoms. The quantitative estimate of drug-likeness (QED) is 0.769. The van der Waals surface area contributed by atoms with Gasteiger partial charge in [-0.25, -0.2) is 0 Å². The number of amidine groups is 1. The molecule has 2 heterocycles. The van der Waals surface area contributed by atoms with Crippen LogP contribution < -0.4 is 4.74 Å². The molecule has 0 aromatic heterocycles. The van der Waals surface area contributed by atoms with Gasteiger partial charge in [-0.2, -0.15) is 4.99 Å². The van der Waals surface area contributed by atoms with Crippen LogP contribution in [0.2, 0.25) is 0 Å². The number of nitrogens with zero attached hydrogens (tertiary/aromatic N) is 2. The lowest BCUT2D eigenvalue weighted by atomic mass is 10.2. The molecule has 0 unspecified atom stereocenters. The van der Waals surface area contributed by atoms with E-state index in [4.69, 9.17) is 9.47 Å². The van der Waals surface area contributed by atoms with Gasteiger partial charge in [-0.1, -0.05) is 0 Å². The van der Waals surface area contributed by atoms with Crippen LogP contribution in [0.3, 0.4) is 0 Å². The third-order valence-electron chi connectivity index (χ3n) is 3.54. The van der Waals surface area contributed by atoms with Crippen molar-refractivity contribution in [3.8, 4) is 11.5 Å². The molecule has 0 atom stereocenters. The number of rotatable bonds is 3. The van der Waals surface area contributed by atoms with E-state index in [0.29, 0.717) is 34.9 Å². The fourth-order valence-corrected chi connectivity index (χ4v) is 3.81. The van der Waals surface area contributed by atoms with Gasteiger partial charge >= 0.3 is 0 Å². The highest BCUT2D eigenvalue weighted by atomic mass is 79.9. The Morgan fingerprint density at radius 1 is 1.46 bits per heavy atom. The number of halogens is 1. The molecule has 1 aromatic carbocycles. The van der Waals surface area contributed by atoms with E-state index >= 15 is 0 Å². The highest BCUT2D eigenvalue weighted by Crippen LogP contribution is 2.37. The second kappa shape index (κ2) is 7.58. The van der Waals surface area contributed by atoms with Crippen LogP contribution in [0.4, 0.5) is 0 Å². The van der Waals surface area contributed by atoms with Crippen LogP contribution in [-0.4, -0.2) is 54.0 Å². The minimum absolute atomic E-state index is 0.0506. The van der Waals surface area contributed by atoms with E-state index in [2.05, 4.69) is 25.8 Å². The van der Waals surface area contributed by atoms with Crippen LogP contribution in [0, 0.1) is 0 Å². The number of aliphatic imine (C=N–C) groups is 1. The summed E-state index contributed by atoms with van der Waals surface area (Å²) >= 11 is 4.67. The number of benzene rings is 1. The van der Waals surface area contributed by atoms with Gasteiger partial charge in [0.05, 0.1) is 29.2 Å². The van der Waals surface area contributed by atoms with E-state index in [9.17, 15) is 9.90 Å². The Morgan fingerprint density at radius 2 is 2.21 bits per heavy atom. The van der Waals surface area contributed by atoms with Crippen LogP contribution in [0.15, 0.2) is 26.5 Å². The molecular weight excluding hydrogens is 396 g/mol. The normalized spacial score (nSPS) is 19.8. The minimum atomic E-state index is -0.247. The summed E-state index contributed by atoms with van der Waals surface area (Å²) in [5.74, 6) is 0.182. The van der Waals surface area contributed by atoms with E-state index < -0.39 is 0 Å². The van der Waals surface area contributed by atoms with E-state index in [1.165, 1.54) is 11.8 Å². The summed E-state index contributed by atoms with van der Waals surface area (Å²) in [6, 6.07) is 3.45. The van der Waals surface area contributed by atoms with Crippen molar-refractivity contribution < 1.29 is 19.4 Å². The number of phenolic OH excluding ortho intramolecular Hbond substituents is 1. The number of morpholine rings is 1. The number of aromatic hydroxyl groups is 1. The molecule has 0 saturated carbocycles. The first-order valence-corrected chi connectivity index (χ1v) is 9.20. The number of ether oxygens (including phenoxy) is 2. The maximum Gasteiger partial charge on any atom is 0.286 e. The monoisotopic (exact) mass is 412 g/mol. The zero-order chi connectivity index (χ0) is 17.1. The average Bonchev–Trinajstić information content (AvgIpc) is 2.94. The molecule has 8 heteroatoms. The van der Waals surface area contributed by atoms with Gasteiger partial charge in [0.25, 0.3) is 5.91 Å². The number of carbonyl (C=O) groups excluding carboxylic acids is 1. The Hall–Kier alpha value is -1.51. The lowest BCUT2D eigenvalue weighted by Crippen LogP contribution is -2.38. The molecule has 2 aliphatic rings. The summed E-state index contributed by atoms with van der Waals surface area (Å²) in [4.78, 5) is 18.9. The van der Waals surface area contributed by atoms with Crippen molar-refractivity contribution in [3.63, 3.8) is 0 Å². The van der Waals surface area contributed by atoms with Crippen molar-refractivity contribution in [1.82, 2.24) is 4.90 Å². The predicted octanol–water partition coefficient (Wildman–Crippen LogP) is 2.86. The minimum Gasteiger partial charge on any atom is -0.503 e. The zero-order valence-electron chi connectivity index (χ0n) is 13.1. The van der Waals surface area contributed by atoms with Crippen molar-refractivity contribution >= 4 is 44.8 Å². The smallest absolute Gasteiger partial charge is 0.286 e. The summed E-state index contributed by atoms with van der Waals surface area (Å²) in [6.45, 7) is 5.07. The van der Waals surface area contributed by atoms with E-state index in [0.717, 1.165) is 23.8 Å². The van der Waals surface area contributed by atoms with Gasteiger partial charge in [0.15, 0.2) is 16.7 Å². The Labute approximate surface area is 152 Å². The van der Waals surface area contributed by atoms with Crippen molar-refractivity contribution in [3.05, 3.63) is 27.1 Å². The van der Waals surface area contributed by atoms with Crippen molar-refractivity contribution in [1.29, 1.82) is 0 Å². The number of phenols is 1. The van der Waals surface area contributed by atoms with E-state index in [1.54, 1.807) is 18.2 Å². The molecule has 1 aromatic rings. The molecule has 1 N–H and O–H groups in total. The summed E-state index contributed by atoms with van der Waals surface area (Å²) in [5.41, 5.74) is 0.761. The maximum atomic E-state index is 12.2. The molecular formula is C16H17BrN2O4S. The SMILES string of the molecule is CCOc1cc(/C=C2\SC(N3CCOCC3)=NC2=O)cc(Br)c1O. The van der Waals surface area contributed by atoms with Crippen LogP contribution in [0.1, 0.15) is 12.5 Å². The summed E-state index contributed by atoms with van der Waals surface area (Å²) in [6.07, 6.45) is 1.76. The highest BCUT2D eigenvalue weighted by molar-refractivity contribution is 9.10. The largest absolute Gasteiger partial charge is 0.503 e. The molecule has 0 bridgehead atoms. The lowest BCUT2D eigenvalue weighted by molar-refractivity contribution is -0.113. The van der Waals surface area contributed by atoms with Gasteiger partial charge in [0.2, 0.25) is 0 Å². The van der Waals surface area contributed by atoms with Gasteiger partial charge in [-0.15, -0.1) is 0 Å². The molecule has 3 rings (SSSR count). The van der Waals surface area contributed by atoms with E-state index in [1.807, 2.05) is 6.92 Å². The van der Waals surface area contributed by atoms with Crippen molar-refractivity contribution in [2.75, 3.05) is 32.9 Å². The zero-order valence-corrected chi connectivity index (χ0v) is 15.5. The average molecular weight is 413 g/mol. The van der Waals surface area contributed by atoms with Gasteiger partial charge in [-0.3, -0.25) is 4.79 Å². The number of amides is 1. The summed E-state index contributed by atoms with van der Waals surface area (Å²) < 4.78 is 11.3. The number of hydrogen-bond donors (Lipinski definition) is 1. The standard InChI is InChI=1S/C16H17BrN2O4S/c1-2-23-12-8-10(7-11(17)14(12)20)9-13-15(21)18-16(24-13)19-3-5-22-6-4-19/h7-9,20H,2-6H2,1H3/b13-9-. The van der Waals surface area contributed by atoms with E-state index in [-0.39, 0.29) is 11.7 Å². The first kappa shape index (κ1) is 17.3. The van der Waals surface area contributed by atoms with Crippen LogP contribution in [0.25, 0.3) is 6.08 Å². The molecule has 1 saturated heterocycles. The molecule has 6 nitrogen and oxygen atoms in total. The Kier molecular flexibility index (Phi) is 5.47. The molecule has 1 fully saturated rings. The van der Waals surface area contributed by atoms with Gasteiger partial charge in [0.1, 0.15) is 0 Å². The van der Waals surface area contributed by atoms with Crippen molar-refractivity contribution in [2.24, 2.45) is 4.99 Å². The van der Waals surface area contributed by atoms with Crippen LogP contribution in [-0.2, 0) is 9.53 Å². The van der Waals surface area contributed by atoms with Crippen LogP contribution in [0.5, 0.6) is 11.5 Å². The first-order valence-electron chi connectivity index (χ1n) is 7.59. The third-order valence-corrected chi connectivity index (χ3v) is 5.19. The summed E-state index contributed by atoms with van der Waals surface area (Å²) in [7, 11) is 0. The third kappa shape index (κ3) is 3.76. The number of carbonyl (C=O) groups is 1. The Morgan fingerprint density at radius 3 is 2.92 bits per heavy atom. The molecule has 2 aliphatic heterocycles. The molecule has 0 radical (unpaired) electrons. The van der Waals surface area contributed by atoms with Crippen LogP contribution >= 0.6 is 27.7 Å². The fraction of sp³-hybridized carbons (Fsp3) is 0.375. The second-order valence-electron chi connectivity index (χ2n) is 5.19. The Bertz CT molecular complexity index is 714. The highest BCUT2D eigenvalue weighted by Gasteiger charge is 2.27. The van der Waals surface area contributed by atoms with Gasteiger partial charge in [-0.05, 0) is 58.4 Å². The fourth-order valence-electron chi connectivity index (χ4n) is 2.38. The molecule has 0 spiro atoms. The Balaban J connectivity index is 1.81. The second-order valence-corrected chi connectivity index (χ2v) is 7.06. The maximum absolute atomic E-state index is 12.2. The number of hydrogen-bond acceptors (Lipinski definition) is 6. The predicted molar refractivity (Wildman–Crippen MR) is 97.4 cm³/mol. The van der Waals surface area contributed by atoms with Gasteiger partial charge < -0.3 is 19.5 Å².